The summed E-state index contributed by atoms with van der Waals surface area (Å²) in [5.41, 5.74) is 2.91. The van der Waals surface area contributed by atoms with Crippen LogP contribution in [0.2, 0.25) is 0 Å². The van der Waals surface area contributed by atoms with Gasteiger partial charge < -0.3 is 14.5 Å². The van der Waals surface area contributed by atoms with Crippen LogP contribution in [0.5, 0.6) is 5.88 Å². The lowest BCUT2D eigenvalue weighted by Gasteiger charge is -2.36. The second-order valence-corrected chi connectivity index (χ2v) is 5.68. The number of aryl methyl sites for hydroxylation is 1. The topological polar surface area (TPSA) is 45.7 Å². The number of carbonyl (C=O) groups is 1. The van der Waals surface area contributed by atoms with E-state index in [-0.39, 0.29) is 5.91 Å². The van der Waals surface area contributed by atoms with Gasteiger partial charge in [-0.15, -0.1) is 0 Å². The van der Waals surface area contributed by atoms with Crippen molar-refractivity contribution in [2.24, 2.45) is 0 Å². The van der Waals surface area contributed by atoms with Gasteiger partial charge >= 0.3 is 0 Å². The number of piperazine rings is 1. The highest BCUT2D eigenvalue weighted by molar-refractivity contribution is 5.92. The second kappa shape index (κ2) is 6.69. The fraction of sp³-hybridized carbons (Fsp3) is 0.333. The molecule has 2 heterocycles. The Morgan fingerprint density at radius 1 is 1.09 bits per heavy atom. The van der Waals surface area contributed by atoms with Crippen LogP contribution in [0.4, 0.5) is 5.69 Å². The zero-order valence-electron chi connectivity index (χ0n) is 13.5. The summed E-state index contributed by atoms with van der Waals surface area (Å²) in [7, 11) is 1.55. The van der Waals surface area contributed by atoms with E-state index in [4.69, 9.17) is 4.74 Å². The monoisotopic (exact) mass is 311 g/mol. The quantitative estimate of drug-likeness (QED) is 0.873. The van der Waals surface area contributed by atoms with Crippen LogP contribution < -0.4 is 9.64 Å². The molecule has 1 aromatic carbocycles. The summed E-state index contributed by atoms with van der Waals surface area (Å²) in [6, 6.07) is 13.7. The molecule has 23 heavy (non-hydrogen) atoms. The van der Waals surface area contributed by atoms with Gasteiger partial charge in [-0.25, -0.2) is 4.98 Å². The predicted molar refractivity (Wildman–Crippen MR) is 90.1 cm³/mol. The molecule has 1 saturated heterocycles. The van der Waals surface area contributed by atoms with Crippen molar-refractivity contribution in [3.05, 3.63) is 53.7 Å². The molecule has 1 fully saturated rings. The molecule has 0 radical (unpaired) electrons. The Labute approximate surface area is 136 Å². The van der Waals surface area contributed by atoms with E-state index in [0.29, 0.717) is 24.7 Å². The number of rotatable bonds is 3. The third-order valence-electron chi connectivity index (χ3n) is 4.09. The molecule has 1 amide bonds. The summed E-state index contributed by atoms with van der Waals surface area (Å²) in [4.78, 5) is 21.0. The number of methoxy groups -OCH3 is 1. The molecule has 0 spiro atoms. The minimum atomic E-state index is -0.0345. The number of amides is 1. The van der Waals surface area contributed by atoms with E-state index >= 15 is 0 Å². The summed E-state index contributed by atoms with van der Waals surface area (Å²) in [6.07, 6.45) is 0. The lowest BCUT2D eigenvalue weighted by molar-refractivity contribution is 0.0740. The Balaban J connectivity index is 1.65. The maximum Gasteiger partial charge on any atom is 0.272 e. The highest BCUT2D eigenvalue weighted by Gasteiger charge is 2.23. The number of ether oxygens (including phenoxy) is 1. The Hall–Kier alpha value is -2.56. The molecule has 5 heteroatoms. The minimum Gasteiger partial charge on any atom is -0.481 e. The van der Waals surface area contributed by atoms with Crippen molar-refractivity contribution in [3.63, 3.8) is 0 Å². The van der Waals surface area contributed by atoms with Crippen LogP contribution in [0, 0.1) is 6.92 Å². The average Bonchev–Trinajstić information content (AvgIpc) is 2.61. The lowest BCUT2D eigenvalue weighted by atomic mass is 10.2. The van der Waals surface area contributed by atoms with Gasteiger partial charge in [-0.05, 0) is 30.7 Å². The molecular formula is C18H21N3O2. The second-order valence-electron chi connectivity index (χ2n) is 5.68. The van der Waals surface area contributed by atoms with Crippen molar-refractivity contribution >= 4 is 11.6 Å². The van der Waals surface area contributed by atoms with E-state index in [0.717, 1.165) is 13.1 Å². The van der Waals surface area contributed by atoms with Gasteiger partial charge in [0, 0.05) is 37.9 Å². The first kappa shape index (κ1) is 15.3. The summed E-state index contributed by atoms with van der Waals surface area (Å²) < 4.78 is 5.09. The maximum absolute atomic E-state index is 12.6. The van der Waals surface area contributed by atoms with E-state index in [2.05, 4.69) is 41.1 Å². The highest BCUT2D eigenvalue weighted by atomic mass is 16.5. The molecule has 0 saturated carbocycles. The molecular weight excluding hydrogens is 290 g/mol. The zero-order valence-corrected chi connectivity index (χ0v) is 13.5. The first-order valence-electron chi connectivity index (χ1n) is 7.79. The van der Waals surface area contributed by atoms with E-state index in [9.17, 15) is 4.79 Å². The van der Waals surface area contributed by atoms with Crippen molar-refractivity contribution in [2.45, 2.75) is 6.92 Å². The number of hydrogen-bond donors (Lipinski definition) is 0. The summed E-state index contributed by atoms with van der Waals surface area (Å²) >= 11 is 0. The summed E-state index contributed by atoms with van der Waals surface area (Å²) in [5, 5.41) is 0. The van der Waals surface area contributed by atoms with E-state index in [1.807, 2.05) is 4.90 Å². The molecule has 1 aliphatic heterocycles. The summed E-state index contributed by atoms with van der Waals surface area (Å²) in [5.74, 6) is 0.432. The molecule has 0 atom stereocenters. The van der Waals surface area contributed by atoms with E-state index in [1.54, 1.807) is 25.3 Å². The smallest absolute Gasteiger partial charge is 0.272 e. The van der Waals surface area contributed by atoms with Crippen LogP contribution in [0.3, 0.4) is 0 Å². The van der Waals surface area contributed by atoms with Crippen LogP contribution in [0.1, 0.15) is 16.1 Å². The van der Waals surface area contributed by atoms with Crippen LogP contribution in [0.25, 0.3) is 0 Å². The van der Waals surface area contributed by atoms with Crippen molar-refractivity contribution in [1.29, 1.82) is 0 Å². The van der Waals surface area contributed by atoms with Gasteiger partial charge in [0.25, 0.3) is 5.91 Å². The third-order valence-corrected chi connectivity index (χ3v) is 4.09. The van der Waals surface area contributed by atoms with Crippen molar-refractivity contribution < 1.29 is 9.53 Å². The molecule has 120 valence electrons. The normalized spacial score (nSPS) is 14.7. The SMILES string of the molecule is COc1cccc(C(=O)N2CCN(c3cccc(C)c3)CC2)n1. The molecule has 0 aliphatic carbocycles. The molecule has 0 N–H and O–H groups in total. The maximum atomic E-state index is 12.6. The first-order valence-corrected chi connectivity index (χ1v) is 7.79. The number of benzene rings is 1. The molecule has 0 unspecified atom stereocenters. The minimum absolute atomic E-state index is 0.0345. The van der Waals surface area contributed by atoms with Gasteiger partial charge in [-0.3, -0.25) is 4.79 Å². The van der Waals surface area contributed by atoms with Gasteiger partial charge in [0.2, 0.25) is 5.88 Å². The van der Waals surface area contributed by atoms with Crippen LogP contribution in [0.15, 0.2) is 42.5 Å². The van der Waals surface area contributed by atoms with E-state index in [1.165, 1.54) is 11.3 Å². The third kappa shape index (κ3) is 3.44. The zero-order chi connectivity index (χ0) is 16.2. The van der Waals surface area contributed by atoms with Crippen molar-refractivity contribution in [2.75, 3.05) is 38.2 Å². The van der Waals surface area contributed by atoms with Crippen LogP contribution in [-0.4, -0.2) is 49.1 Å². The molecule has 3 rings (SSSR count). The fourth-order valence-corrected chi connectivity index (χ4v) is 2.80. The molecule has 1 aliphatic rings. The van der Waals surface area contributed by atoms with Gasteiger partial charge in [0.15, 0.2) is 0 Å². The Morgan fingerprint density at radius 2 is 1.83 bits per heavy atom. The van der Waals surface area contributed by atoms with Crippen LogP contribution >= 0.6 is 0 Å². The van der Waals surface area contributed by atoms with Gasteiger partial charge in [-0.1, -0.05) is 18.2 Å². The largest absolute Gasteiger partial charge is 0.481 e. The number of aromatic nitrogens is 1. The Morgan fingerprint density at radius 3 is 2.52 bits per heavy atom. The summed E-state index contributed by atoms with van der Waals surface area (Å²) in [6.45, 7) is 5.16. The Kier molecular flexibility index (Phi) is 4.46. The Bertz CT molecular complexity index is 694. The first-order chi connectivity index (χ1) is 11.2. The van der Waals surface area contributed by atoms with Crippen molar-refractivity contribution in [1.82, 2.24) is 9.88 Å². The molecule has 2 aromatic rings. The number of carbonyl (C=O) groups excluding carboxylic acids is 1. The standard InChI is InChI=1S/C18H21N3O2/c1-14-5-3-6-15(13-14)20-9-11-21(12-10-20)18(22)16-7-4-8-17(19-16)23-2/h3-8,13H,9-12H2,1-2H3. The molecule has 1 aromatic heterocycles. The van der Waals surface area contributed by atoms with E-state index < -0.39 is 0 Å². The lowest BCUT2D eigenvalue weighted by Crippen LogP contribution is -2.49. The number of nitrogens with zero attached hydrogens (tertiary/aromatic N) is 3. The number of anilines is 1. The number of hydrogen-bond acceptors (Lipinski definition) is 4. The predicted octanol–water partition coefficient (Wildman–Crippen LogP) is 2.36. The molecule has 5 nitrogen and oxygen atoms in total. The van der Waals surface area contributed by atoms with Gasteiger partial charge in [0.1, 0.15) is 5.69 Å². The number of pyridine rings is 1. The van der Waals surface area contributed by atoms with Crippen molar-refractivity contribution in [3.8, 4) is 5.88 Å². The van der Waals surface area contributed by atoms with Gasteiger partial charge in [0.05, 0.1) is 7.11 Å². The molecule has 0 bridgehead atoms. The van der Waals surface area contributed by atoms with Gasteiger partial charge in [-0.2, -0.15) is 0 Å². The average molecular weight is 311 g/mol. The highest BCUT2D eigenvalue weighted by Crippen LogP contribution is 2.18. The fourth-order valence-electron chi connectivity index (χ4n) is 2.80. The van der Waals surface area contributed by atoms with Crippen LogP contribution in [-0.2, 0) is 0 Å².